The van der Waals surface area contributed by atoms with Crippen LogP contribution >= 0.6 is 0 Å². The van der Waals surface area contributed by atoms with Gasteiger partial charge >= 0.3 is 0 Å². The second-order valence-corrected chi connectivity index (χ2v) is 7.77. The number of aryl methyl sites for hydroxylation is 1. The van der Waals surface area contributed by atoms with E-state index in [2.05, 4.69) is 38.1 Å². The van der Waals surface area contributed by atoms with E-state index in [1.807, 2.05) is 59.3 Å². The highest BCUT2D eigenvalue weighted by Gasteiger charge is 2.16. The van der Waals surface area contributed by atoms with E-state index in [-0.39, 0.29) is 11.3 Å². The Balaban J connectivity index is 1.80. The van der Waals surface area contributed by atoms with E-state index in [9.17, 15) is 4.79 Å². The van der Waals surface area contributed by atoms with Crippen molar-refractivity contribution in [2.24, 2.45) is 0 Å². The SMILES string of the molecule is CCc1cc(NC(=O)c2ccc(C(C)(C)C)cc2)nn1-c1ccc(OC)cc1. The molecule has 3 rings (SSSR count). The van der Waals surface area contributed by atoms with Gasteiger partial charge in [-0.2, -0.15) is 0 Å². The van der Waals surface area contributed by atoms with Crippen LogP contribution in [0.1, 0.15) is 49.3 Å². The molecule has 2 aromatic carbocycles. The van der Waals surface area contributed by atoms with Crippen LogP contribution in [0.5, 0.6) is 5.75 Å². The molecule has 0 saturated heterocycles. The predicted octanol–water partition coefficient (Wildman–Crippen LogP) is 4.99. The molecule has 0 radical (unpaired) electrons. The summed E-state index contributed by atoms with van der Waals surface area (Å²) < 4.78 is 7.06. The summed E-state index contributed by atoms with van der Waals surface area (Å²) in [5, 5.41) is 7.48. The van der Waals surface area contributed by atoms with E-state index in [0.29, 0.717) is 11.4 Å². The summed E-state index contributed by atoms with van der Waals surface area (Å²) in [6.07, 6.45) is 0.801. The topological polar surface area (TPSA) is 56.2 Å². The van der Waals surface area contributed by atoms with Gasteiger partial charge < -0.3 is 10.1 Å². The van der Waals surface area contributed by atoms with Gasteiger partial charge in [-0.15, -0.1) is 5.10 Å². The summed E-state index contributed by atoms with van der Waals surface area (Å²) in [5.74, 6) is 1.17. The first kappa shape index (κ1) is 19.7. The summed E-state index contributed by atoms with van der Waals surface area (Å²) in [6, 6.07) is 17.3. The number of benzene rings is 2. The molecule has 3 aromatic rings. The van der Waals surface area contributed by atoms with Gasteiger partial charge in [-0.1, -0.05) is 39.8 Å². The lowest BCUT2D eigenvalue weighted by atomic mass is 9.87. The smallest absolute Gasteiger partial charge is 0.256 e. The number of hydrogen-bond acceptors (Lipinski definition) is 3. The number of anilines is 1. The number of carbonyl (C=O) groups is 1. The Morgan fingerprint density at radius 3 is 2.25 bits per heavy atom. The number of hydrogen-bond donors (Lipinski definition) is 1. The summed E-state index contributed by atoms with van der Waals surface area (Å²) in [5.41, 5.74) is 3.81. The molecular weight excluding hydrogens is 350 g/mol. The van der Waals surface area contributed by atoms with Crippen molar-refractivity contribution in [3.05, 3.63) is 71.4 Å². The maximum Gasteiger partial charge on any atom is 0.256 e. The number of nitrogens with one attached hydrogen (secondary N) is 1. The first-order valence-electron chi connectivity index (χ1n) is 9.47. The van der Waals surface area contributed by atoms with Gasteiger partial charge in [0.2, 0.25) is 0 Å². The van der Waals surface area contributed by atoms with E-state index >= 15 is 0 Å². The third-order valence-corrected chi connectivity index (χ3v) is 4.72. The van der Waals surface area contributed by atoms with Gasteiger partial charge in [0.25, 0.3) is 5.91 Å². The third-order valence-electron chi connectivity index (χ3n) is 4.72. The standard InChI is InChI=1S/C23H27N3O2/c1-6-18-15-21(25-26(18)19-11-13-20(28-5)14-12-19)24-22(27)16-7-9-17(10-8-16)23(2,3)4/h7-15H,6H2,1-5H3,(H,24,25,27). The zero-order valence-corrected chi connectivity index (χ0v) is 17.1. The Morgan fingerprint density at radius 2 is 1.71 bits per heavy atom. The first-order chi connectivity index (χ1) is 13.3. The molecule has 0 fully saturated rings. The number of methoxy groups -OCH3 is 1. The normalized spacial score (nSPS) is 11.3. The van der Waals surface area contributed by atoms with Crippen LogP contribution in [0.25, 0.3) is 5.69 Å². The average molecular weight is 377 g/mol. The molecule has 5 nitrogen and oxygen atoms in total. The fourth-order valence-corrected chi connectivity index (χ4v) is 2.99. The minimum absolute atomic E-state index is 0.0577. The lowest BCUT2D eigenvalue weighted by Crippen LogP contribution is -2.14. The Hall–Kier alpha value is -3.08. The molecular formula is C23H27N3O2. The molecule has 146 valence electrons. The van der Waals surface area contributed by atoms with Crippen LogP contribution in [0.2, 0.25) is 0 Å². The molecule has 1 amide bonds. The van der Waals surface area contributed by atoms with Crippen molar-refractivity contribution in [3.63, 3.8) is 0 Å². The lowest BCUT2D eigenvalue weighted by Gasteiger charge is -2.18. The molecule has 0 saturated carbocycles. The van der Waals surface area contributed by atoms with Crippen LogP contribution in [0.3, 0.4) is 0 Å². The minimum atomic E-state index is -0.164. The quantitative estimate of drug-likeness (QED) is 0.681. The Kier molecular flexibility index (Phi) is 5.54. The monoisotopic (exact) mass is 377 g/mol. The molecule has 1 heterocycles. The number of amides is 1. The van der Waals surface area contributed by atoms with Crippen LogP contribution < -0.4 is 10.1 Å². The second kappa shape index (κ2) is 7.89. The van der Waals surface area contributed by atoms with Gasteiger partial charge in [0.15, 0.2) is 5.82 Å². The number of carbonyl (C=O) groups excluding carboxylic acids is 1. The highest BCUT2D eigenvalue weighted by Crippen LogP contribution is 2.23. The Morgan fingerprint density at radius 1 is 1.07 bits per heavy atom. The van der Waals surface area contributed by atoms with Crippen molar-refractivity contribution >= 4 is 11.7 Å². The van der Waals surface area contributed by atoms with E-state index in [0.717, 1.165) is 23.6 Å². The maximum absolute atomic E-state index is 12.6. The molecule has 0 bridgehead atoms. The minimum Gasteiger partial charge on any atom is -0.497 e. The fraction of sp³-hybridized carbons (Fsp3) is 0.304. The molecule has 0 spiro atoms. The van der Waals surface area contributed by atoms with Gasteiger partial charge in [0.1, 0.15) is 5.75 Å². The van der Waals surface area contributed by atoms with Gasteiger partial charge in [-0.3, -0.25) is 4.79 Å². The Labute approximate surface area is 166 Å². The Bertz CT molecular complexity index is 949. The first-order valence-corrected chi connectivity index (χ1v) is 9.47. The predicted molar refractivity (Wildman–Crippen MR) is 113 cm³/mol. The van der Waals surface area contributed by atoms with Gasteiger partial charge in [0.05, 0.1) is 12.8 Å². The largest absolute Gasteiger partial charge is 0.497 e. The van der Waals surface area contributed by atoms with Crippen LogP contribution in [0.4, 0.5) is 5.82 Å². The number of aromatic nitrogens is 2. The maximum atomic E-state index is 12.6. The molecule has 28 heavy (non-hydrogen) atoms. The average Bonchev–Trinajstić information content (AvgIpc) is 3.10. The molecule has 0 aliphatic carbocycles. The summed E-state index contributed by atoms with van der Waals surface area (Å²) in [6.45, 7) is 8.52. The van der Waals surface area contributed by atoms with Crippen LogP contribution in [0, 0.1) is 0 Å². The molecule has 5 heteroatoms. The van der Waals surface area contributed by atoms with E-state index in [1.54, 1.807) is 7.11 Å². The van der Waals surface area contributed by atoms with Crippen molar-refractivity contribution in [1.29, 1.82) is 0 Å². The summed E-state index contributed by atoms with van der Waals surface area (Å²) in [4.78, 5) is 12.6. The molecule has 0 aliphatic heterocycles. The third kappa shape index (κ3) is 4.25. The van der Waals surface area contributed by atoms with E-state index in [1.165, 1.54) is 5.56 Å². The van der Waals surface area contributed by atoms with Crippen molar-refractivity contribution in [2.75, 3.05) is 12.4 Å². The van der Waals surface area contributed by atoms with Gasteiger partial charge in [0, 0.05) is 17.3 Å². The highest BCUT2D eigenvalue weighted by molar-refractivity contribution is 6.03. The van der Waals surface area contributed by atoms with Crippen molar-refractivity contribution in [2.45, 2.75) is 39.5 Å². The summed E-state index contributed by atoms with van der Waals surface area (Å²) in [7, 11) is 1.64. The fourth-order valence-electron chi connectivity index (χ4n) is 2.99. The van der Waals surface area contributed by atoms with Gasteiger partial charge in [-0.05, 0) is 53.8 Å². The lowest BCUT2D eigenvalue weighted by molar-refractivity contribution is 0.102. The molecule has 0 unspecified atom stereocenters. The van der Waals surface area contributed by atoms with Gasteiger partial charge in [-0.25, -0.2) is 4.68 Å². The van der Waals surface area contributed by atoms with Crippen LogP contribution in [0.15, 0.2) is 54.6 Å². The molecule has 1 aromatic heterocycles. The molecule has 0 aliphatic rings. The van der Waals surface area contributed by atoms with Crippen LogP contribution in [-0.2, 0) is 11.8 Å². The number of nitrogens with zero attached hydrogens (tertiary/aromatic N) is 2. The number of rotatable bonds is 5. The van der Waals surface area contributed by atoms with Crippen molar-refractivity contribution in [1.82, 2.24) is 9.78 Å². The highest BCUT2D eigenvalue weighted by atomic mass is 16.5. The van der Waals surface area contributed by atoms with Crippen molar-refractivity contribution < 1.29 is 9.53 Å². The number of ether oxygens (including phenoxy) is 1. The zero-order chi connectivity index (χ0) is 20.3. The second-order valence-electron chi connectivity index (χ2n) is 7.77. The zero-order valence-electron chi connectivity index (χ0n) is 17.1. The van der Waals surface area contributed by atoms with E-state index in [4.69, 9.17) is 4.74 Å². The molecule has 1 N–H and O–H groups in total. The van der Waals surface area contributed by atoms with Crippen molar-refractivity contribution in [3.8, 4) is 11.4 Å². The summed E-state index contributed by atoms with van der Waals surface area (Å²) >= 11 is 0. The van der Waals surface area contributed by atoms with E-state index < -0.39 is 0 Å². The molecule has 0 atom stereocenters. The van der Waals surface area contributed by atoms with Crippen LogP contribution in [-0.4, -0.2) is 22.8 Å².